The van der Waals surface area contributed by atoms with Crippen LogP contribution in [0.15, 0.2) is 54.6 Å². The summed E-state index contributed by atoms with van der Waals surface area (Å²) >= 11 is 0. The molecule has 1 saturated carbocycles. The Bertz CT molecular complexity index is 859. The number of piperidine rings is 1. The van der Waals surface area contributed by atoms with Crippen LogP contribution in [-0.4, -0.2) is 44.1 Å². The molecule has 0 radical (unpaired) electrons. The number of nitrogens with one attached hydrogen (secondary N) is 1. The first-order chi connectivity index (χ1) is 15.1. The molecule has 2 atom stereocenters. The molecule has 2 fully saturated rings. The van der Waals surface area contributed by atoms with Crippen LogP contribution in [0.2, 0.25) is 0 Å². The van der Waals surface area contributed by atoms with Crippen LogP contribution in [0.3, 0.4) is 0 Å². The van der Waals surface area contributed by atoms with Crippen molar-refractivity contribution in [2.75, 3.05) is 33.3 Å². The van der Waals surface area contributed by atoms with Crippen LogP contribution in [0.25, 0.3) is 0 Å². The number of rotatable bonds is 9. The van der Waals surface area contributed by atoms with E-state index in [4.69, 9.17) is 4.74 Å². The molecular weight excluding hydrogens is 384 g/mol. The number of para-hydroxylation sites is 1. The van der Waals surface area contributed by atoms with Crippen molar-refractivity contribution in [3.05, 3.63) is 65.7 Å². The van der Waals surface area contributed by atoms with E-state index < -0.39 is 0 Å². The number of benzene rings is 2. The molecule has 1 aliphatic carbocycles. The number of carbonyl (C=O) groups excluding carboxylic acids is 1. The predicted molar refractivity (Wildman–Crippen MR) is 125 cm³/mol. The summed E-state index contributed by atoms with van der Waals surface area (Å²) in [5.41, 5.74) is 2.85. The second kappa shape index (κ2) is 9.86. The first kappa shape index (κ1) is 21.9. The van der Waals surface area contributed by atoms with Crippen molar-refractivity contribution in [3.8, 4) is 5.75 Å². The van der Waals surface area contributed by atoms with Crippen LogP contribution in [0.1, 0.15) is 49.7 Å². The number of carbonyl (C=O) groups is 1. The molecule has 0 unspecified atom stereocenters. The highest BCUT2D eigenvalue weighted by Crippen LogP contribution is 2.59. The highest BCUT2D eigenvalue weighted by Gasteiger charge is 2.58. The van der Waals surface area contributed by atoms with Crippen molar-refractivity contribution < 1.29 is 9.53 Å². The fraction of sp³-hybridized carbons (Fsp3) is 0.519. The molecule has 166 valence electrons. The zero-order chi connectivity index (χ0) is 21.7. The van der Waals surface area contributed by atoms with Crippen LogP contribution in [-0.2, 0) is 11.2 Å². The van der Waals surface area contributed by atoms with Gasteiger partial charge < -0.3 is 15.0 Å². The SMILES string of the molecule is COc1ccccc1CCNC(=O)[C@H]1CC12CCN(CC[C@H](C)c1ccccc1)CC2. The second-order valence-corrected chi connectivity index (χ2v) is 9.41. The summed E-state index contributed by atoms with van der Waals surface area (Å²) < 4.78 is 5.40. The van der Waals surface area contributed by atoms with Crippen LogP contribution >= 0.6 is 0 Å². The second-order valence-electron chi connectivity index (χ2n) is 9.41. The third kappa shape index (κ3) is 5.30. The first-order valence-electron chi connectivity index (χ1n) is 11.8. The van der Waals surface area contributed by atoms with Crippen molar-refractivity contribution in [2.45, 2.75) is 44.9 Å². The van der Waals surface area contributed by atoms with Crippen molar-refractivity contribution in [1.82, 2.24) is 10.2 Å². The fourth-order valence-electron chi connectivity index (χ4n) is 5.17. The lowest BCUT2D eigenvalue weighted by Crippen LogP contribution is -2.38. The summed E-state index contributed by atoms with van der Waals surface area (Å²) in [6, 6.07) is 18.8. The molecule has 31 heavy (non-hydrogen) atoms. The quantitative estimate of drug-likeness (QED) is 0.642. The molecule has 1 heterocycles. The molecular formula is C27H36N2O2. The van der Waals surface area contributed by atoms with E-state index in [2.05, 4.69) is 53.5 Å². The van der Waals surface area contributed by atoms with E-state index in [1.807, 2.05) is 18.2 Å². The number of hydrogen-bond donors (Lipinski definition) is 1. The minimum atomic E-state index is 0.218. The summed E-state index contributed by atoms with van der Waals surface area (Å²) in [6.45, 7) is 6.42. The summed E-state index contributed by atoms with van der Waals surface area (Å²) in [4.78, 5) is 15.3. The number of hydrogen-bond acceptors (Lipinski definition) is 3. The third-order valence-corrected chi connectivity index (χ3v) is 7.49. The van der Waals surface area contributed by atoms with E-state index >= 15 is 0 Å². The van der Waals surface area contributed by atoms with Crippen LogP contribution in [0, 0.1) is 11.3 Å². The molecule has 2 aromatic carbocycles. The Kier molecular flexibility index (Phi) is 6.96. The highest BCUT2D eigenvalue weighted by molar-refractivity contribution is 5.82. The van der Waals surface area contributed by atoms with Crippen molar-refractivity contribution >= 4 is 5.91 Å². The number of likely N-dealkylation sites (tertiary alicyclic amines) is 1. The number of ether oxygens (including phenoxy) is 1. The van der Waals surface area contributed by atoms with E-state index in [9.17, 15) is 4.79 Å². The van der Waals surface area contributed by atoms with E-state index in [0.717, 1.165) is 56.6 Å². The normalized spacial score (nSPS) is 20.9. The lowest BCUT2D eigenvalue weighted by molar-refractivity contribution is -0.123. The molecule has 0 aromatic heterocycles. The lowest BCUT2D eigenvalue weighted by Gasteiger charge is -2.33. The molecule has 1 amide bonds. The molecule has 0 bridgehead atoms. The minimum Gasteiger partial charge on any atom is -0.496 e. The van der Waals surface area contributed by atoms with E-state index in [0.29, 0.717) is 12.5 Å². The van der Waals surface area contributed by atoms with Crippen LogP contribution in [0.4, 0.5) is 0 Å². The smallest absolute Gasteiger partial charge is 0.223 e. The predicted octanol–water partition coefficient (Wildman–Crippen LogP) is 4.65. The van der Waals surface area contributed by atoms with Gasteiger partial charge in [-0.2, -0.15) is 0 Å². The van der Waals surface area contributed by atoms with Gasteiger partial charge in [0.1, 0.15) is 5.75 Å². The summed E-state index contributed by atoms with van der Waals surface area (Å²) in [7, 11) is 1.69. The Balaban J connectivity index is 1.17. The largest absolute Gasteiger partial charge is 0.496 e. The fourth-order valence-corrected chi connectivity index (χ4v) is 5.17. The van der Waals surface area contributed by atoms with Crippen LogP contribution in [0.5, 0.6) is 5.75 Å². The zero-order valence-electron chi connectivity index (χ0n) is 19.0. The van der Waals surface area contributed by atoms with Gasteiger partial charge in [0.2, 0.25) is 5.91 Å². The Hall–Kier alpha value is -2.33. The maximum atomic E-state index is 12.7. The number of methoxy groups -OCH3 is 1. The number of nitrogens with zero attached hydrogens (tertiary/aromatic N) is 1. The van der Waals surface area contributed by atoms with E-state index in [-0.39, 0.29) is 17.2 Å². The summed E-state index contributed by atoms with van der Waals surface area (Å²) in [6.07, 6.45) is 5.41. The Labute approximate surface area is 187 Å². The third-order valence-electron chi connectivity index (χ3n) is 7.49. The zero-order valence-corrected chi connectivity index (χ0v) is 19.0. The summed E-state index contributed by atoms with van der Waals surface area (Å²) in [5, 5.41) is 3.18. The van der Waals surface area contributed by atoms with Gasteiger partial charge in [-0.3, -0.25) is 4.79 Å². The molecule has 1 saturated heterocycles. The maximum Gasteiger partial charge on any atom is 0.223 e. The molecule has 1 spiro atoms. The minimum absolute atomic E-state index is 0.218. The average Bonchev–Trinajstić information content (AvgIpc) is 3.52. The van der Waals surface area contributed by atoms with Gasteiger partial charge in [0.25, 0.3) is 0 Å². The van der Waals surface area contributed by atoms with E-state index in [1.165, 1.54) is 12.0 Å². The van der Waals surface area contributed by atoms with Crippen molar-refractivity contribution in [3.63, 3.8) is 0 Å². The van der Waals surface area contributed by atoms with Gasteiger partial charge in [0.15, 0.2) is 0 Å². The molecule has 1 aliphatic heterocycles. The van der Waals surface area contributed by atoms with E-state index in [1.54, 1.807) is 7.11 Å². The topological polar surface area (TPSA) is 41.6 Å². The number of amides is 1. The molecule has 4 nitrogen and oxygen atoms in total. The van der Waals surface area contributed by atoms with Gasteiger partial charge in [0.05, 0.1) is 7.11 Å². The molecule has 4 heteroatoms. The molecule has 2 aliphatic rings. The monoisotopic (exact) mass is 420 g/mol. The Morgan fingerprint density at radius 2 is 1.84 bits per heavy atom. The molecule has 2 aromatic rings. The van der Waals surface area contributed by atoms with Crippen LogP contribution < -0.4 is 10.1 Å². The Morgan fingerprint density at radius 3 is 2.58 bits per heavy atom. The highest BCUT2D eigenvalue weighted by atomic mass is 16.5. The van der Waals surface area contributed by atoms with Gasteiger partial charge in [-0.15, -0.1) is 0 Å². The molecule has 4 rings (SSSR count). The Morgan fingerprint density at radius 1 is 1.13 bits per heavy atom. The maximum absolute atomic E-state index is 12.7. The standard InChI is InChI=1S/C27H36N2O2/c1-21(22-8-4-3-5-9-22)13-17-29-18-14-27(15-19-29)20-24(27)26(30)28-16-12-23-10-6-7-11-25(23)31-2/h3-11,21,24H,12-20H2,1-2H3,(H,28,30)/t21-,24+/m0/s1. The van der Waals surface area contributed by atoms with Crippen molar-refractivity contribution in [1.29, 1.82) is 0 Å². The summed E-state index contributed by atoms with van der Waals surface area (Å²) in [5.74, 6) is 1.96. The van der Waals surface area contributed by atoms with Gasteiger partial charge in [-0.1, -0.05) is 55.5 Å². The van der Waals surface area contributed by atoms with Gasteiger partial charge in [0, 0.05) is 12.5 Å². The van der Waals surface area contributed by atoms with Crippen molar-refractivity contribution in [2.24, 2.45) is 11.3 Å². The lowest BCUT2D eigenvalue weighted by atomic mass is 9.90. The van der Waals surface area contributed by atoms with Gasteiger partial charge in [-0.25, -0.2) is 0 Å². The average molecular weight is 421 g/mol. The van der Waals surface area contributed by atoms with Gasteiger partial charge in [-0.05, 0) is 80.3 Å². The molecule has 1 N–H and O–H groups in total. The van der Waals surface area contributed by atoms with Gasteiger partial charge >= 0.3 is 0 Å². The first-order valence-corrected chi connectivity index (χ1v) is 11.8.